The maximum Gasteiger partial charge on any atom is 0.147 e. The Balaban J connectivity index is 1.80. The van der Waals surface area contributed by atoms with Crippen molar-refractivity contribution in [2.75, 3.05) is 25.0 Å². The normalized spacial score (nSPS) is 19.3. The van der Waals surface area contributed by atoms with Gasteiger partial charge in [-0.15, -0.1) is 0 Å². The van der Waals surface area contributed by atoms with Crippen LogP contribution in [0.15, 0.2) is 30.5 Å². The van der Waals surface area contributed by atoms with E-state index < -0.39 is 0 Å². The van der Waals surface area contributed by atoms with Crippen molar-refractivity contribution in [3.8, 4) is 0 Å². The molecule has 94 valence electrons. The predicted octanol–water partition coefficient (Wildman–Crippen LogP) is 1.82. The molecule has 1 fully saturated rings. The predicted molar refractivity (Wildman–Crippen MR) is 73.8 cm³/mol. The second kappa shape index (κ2) is 4.90. The van der Waals surface area contributed by atoms with Crippen LogP contribution in [0.2, 0.25) is 0 Å². The molecule has 1 aliphatic rings. The monoisotopic (exact) mass is 242 g/mol. The third-order valence-electron chi connectivity index (χ3n) is 3.48. The summed E-state index contributed by atoms with van der Waals surface area (Å²) in [6.45, 7) is 2.13. The van der Waals surface area contributed by atoms with E-state index >= 15 is 0 Å². The largest absolute Gasteiger partial charge is 0.357 e. The van der Waals surface area contributed by atoms with E-state index in [0.717, 1.165) is 29.9 Å². The minimum Gasteiger partial charge on any atom is -0.357 e. The number of hydrogen-bond donors (Lipinski definition) is 1. The molecule has 0 unspecified atom stereocenters. The lowest BCUT2D eigenvalue weighted by molar-refractivity contribution is 0.597. The van der Waals surface area contributed by atoms with Gasteiger partial charge in [-0.05, 0) is 31.5 Å². The third kappa shape index (κ3) is 2.29. The third-order valence-corrected chi connectivity index (χ3v) is 3.48. The smallest absolute Gasteiger partial charge is 0.147 e. The maximum atomic E-state index is 4.65. The van der Waals surface area contributed by atoms with E-state index in [0.29, 0.717) is 6.04 Å². The quantitative estimate of drug-likeness (QED) is 0.891. The topological polar surface area (TPSA) is 41.0 Å². The number of likely N-dealkylation sites (N-methyl/N-ethyl adjacent to an activating group) is 1. The number of para-hydroxylation sites is 2. The van der Waals surface area contributed by atoms with Crippen molar-refractivity contribution in [3.63, 3.8) is 0 Å². The zero-order chi connectivity index (χ0) is 12.4. The zero-order valence-electron chi connectivity index (χ0n) is 10.6. The van der Waals surface area contributed by atoms with Gasteiger partial charge in [-0.25, -0.2) is 4.98 Å². The van der Waals surface area contributed by atoms with Crippen LogP contribution in [-0.2, 0) is 0 Å². The molecular formula is C14H18N4. The molecule has 2 heterocycles. The van der Waals surface area contributed by atoms with Crippen molar-refractivity contribution >= 4 is 16.9 Å². The molecule has 0 aliphatic carbocycles. The van der Waals surface area contributed by atoms with Crippen molar-refractivity contribution in [2.45, 2.75) is 18.9 Å². The van der Waals surface area contributed by atoms with E-state index in [4.69, 9.17) is 0 Å². The fraction of sp³-hybridized carbons (Fsp3) is 0.429. The summed E-state index contributed by atoms with van der Waals surface area (Å²) in [6.07, 6.45) is 4.39. The first-order valence-corrected chi connectivity index (χ1v) is 6.49. The van der Waals surface area contributed by atoms with E-state index in [-0.39, 0.29) is 0 Å². The molecule has 0 spiro atoms. The minimum atomic E-state index is 0.586. The number of aromatic nitrogens is 2. The molecular weight excluding hydrogens is 224 g/mol. The van der Waals surface area contributed by atoms with E-state index in [2.05, 4.69) is 27.2 Å². The molecule has 1 N–H and O–H groups in total. The molecule has 0 saturated carbocycles. The van der Waals surface area contributed by atoms with Gasteiger partial charge >= 0.3 is 0 Å². The lowest BCUT2D eigenvalue weighted by Crippen LogP contribution is -2.35. The molecule has 0 radical (unpaired) electrons. The summed E-state index contributed by atoms with van der Waals surface area (Å²) < 4.78 is 0. The Kier molecular flexibility index (Phi) is 3.11. The highest BCUT2D eigenvalue weighted by Crippen LogP contribution is 2.15. The molecule has 4 nitrogen and oxygen atoms in total. The molecule has 0 bridgehead atoms. The number of nitrogens with one attached hydrogen (secondary N) is 1. The van der Waals surface area contributed by atoms with Gasteiger partial charge in [0.25, 0.3) is 0 Å². The Bertz CT molecular complexity index is 534. The standard InChI is InChI=1S/C14H18N4/c1-18(10-11-5-4-8-15-11)14-9-16-12-6-2-3-7-13(12)17-14/h2-3,6-7,9,11,15H,4-5,8,10H2,1H3/t11-/m0/s1. The summed E-state index contributed by atoms with van der Waals surface area (Å²) in [7, 11) is 2.08. The van der Waals surface area contributed by atoms with Crippen LogP contribution in [0.25, 0.3) is 11.0 Å². The highest BCUT2D eigenvalue weighted by molar-refractivity contribution is 5.75. The molecule has 4 heteroatoms. The van der Waals surface area contributed by atoms with Gasteiger partial charge in [0.1, 0.15) is 5.82 Å². The number of hydrogen-bond acceptors (Lipinski definition) is 4. The summed E-state index contributed by atoms with van der Waals surface area (Å²) in [5.41, 5.74) is 1.91. The van der Waals surface area contributed by atoms with Crippen molar-refractivity contribution < 1.29 is 0 Å². The average Bonchev–Trinajstić information content (AvgIpc) is 2.91. The second-order valence-electron chi connectivity index (χ2n) is 4.89. The summed E-state index contributed by atoms with van der Waals surface area (Å²) in [5, 5.41) is 3.50. The Morgan fingerprint density at radius 1 is 1.33 bits per heavy atom. The van der Waals surface area contributed by atoms with E-state index in [1.165, 1.54) is 12.8 Å². The average molecular weight is 242 g/mol. The van der Waals surface area contributed by atoms with Crippen LogP contribution in [0, 0.1) is 0 Å². The summed E-state index contributed by atoms with van der Waals surface area (Å²) in [4.78, 5) is 11.3. The number of benzene rings is 1. The number of anilines is 1. The fourth-order valence-corrected chi connectivity index (χ4v) is 2.47. The first-order valence-electron chi connectivity index (χ1n) is 6.49. The SMILES string of the molecule is CN(C[C@@H]1CCCN1)c1cnc2ccccc2n1. The summed E-state index contributed by atoms with van der Waals surface area (Å²) in [5.74, 6) is 0.947. The van der Waals surface area contributed by atoms with Gasteiger partial charge in [0, 0.05) is 19.6 Å². The van der Waals surface area contributed by atoms with Gasteiger partial charge in [-0.1, -0.05) is 12.1 Å². The zero-order valence-corrected chi connectivity index (χ0v) is 10.6. The number of nitrogens with zero attached hydrogens (tertiary/aromatic N) is 3. The second-order valence-corrected chi connectivity index (χ2v) is 4.89. The van der Waals surface area contributed by atoms with E-state index in [1.807, 2.05) is 30.5 Å². The lowest BCUT2D eigenvalue weighted by Gasteiger charge is -2.22. The van der Waals surface area contributed by atoms with Crippen molar-refractivity contribution in [1.29, 1.82) is 0 Å². The van der Waals surface area contributed by atoms with Crippen molar-refractivity contribution in [1.82, 2.24) is 15.3 Å². The number of rotatable bonds is 3. The molecule has 1 aromatic carbocycles. The molecule has 18 heavy (non-hydrogen) atoms. The van der Waals surface area contributed by atoms with Crippen LogP contribution >= 0.6 is 0 Å². The molecule has 1 aromatic heterocycles. The van der Waals surface area contributed by atoms with Crippen LogP contribution < -0.4 is 10.2 Å². The molecule has 3 rings (SSSR count). The van der Waals surface area contributed by atoms with Gasteiger partial charge < -0.3 is 10.2 Å². The number of fused-ring (bicyclic) bond motifs is 1. The Labute approximate surface area is 107 Å². The Hall–Kier alpha value is -1.68. The summed E-state index contributed by atoms with van der Waals surface area (Å²) >= 11 is 0. The molecule has 2 aromatic rings. The van der Waals surface area contributed by atoms with Crippen molar-refractivity contribution in [3.05, 3.63) is 30.5 Å². The highest BCUT2D eigenvalue weighted by atomic mass is 15.2. The van der Waals surface area contributed by atoms with Gasteiger partial charge in [-0.2, -0.15) is 0 Å². The lowest BCUT2D eigenvalue weighted by atomic mass is 10.2. The minimum absolute atomic E-state index is 0.586. The molecule has 1 atom stereocenters. The van der Waals surface area contributed by atoms with Gasteiger partial charge in [0.05, 0.1) is 17.2 Å². The highest BCUT2D eigenvalue weighted by Gasteiger charge is 2.16. The Morgan fingerprint density at radius 3 is 2.94 bits per heavy atom. The van der Waals surface area contributed by atoms with Crippen LogP contribution in [0.4, 0.5) is 5.82 Å². The van der Waals surface area contributed by atoms with Gasteiger partial charge in [0.2, 0.25) is 0 Å². The van der Waals surface area contributed by atoms with Crippen LogP contribution in [0.1, 0.15) is 12.8 Å². The molecule has 0 amide bonds. The van der Waals surface area contributed by atoms with Crippen LogP contribution in [0.5, 0.6) is 0 Å². The Morgan fingerprint density at radius 2 is 2.17 bits per heavy atom. The molecule has 1 aliphatic heterocycles. The van der Waals surface area contributed by atoms with E-state index in [9.17, 15) is 0 Å². The van der Waals surface area contributed by atoms with Crippen LogP contribution in [0.3, 0.4) is 0 Å². The van der Waals surface area contributed by atoms with Crippen molar-refractivity contribution in [2.24, 2.45) is 0 Å². The first kappa shape index (κ1) is 11.4. The van der Waals surface area contributed by atoms with Gasteiger partial charge in [0.15, 0.2) is 0 Å². The summed E-state index contributed by atoms with van der Waals surface area (Å²) in [6, 6.07) is 8.57. The fourth-order valence-electron chi connectivity index (χ4n) is 2.47. The van der Waals surface area contributed by atoms with Gasteiger partial charge in [-0.3, -0.25) is 4.98 Å². The maximum absolute atomic E-state index is 4.65. The molecule has 1 saturated heterocycles. The van der Waals surface area contributed by atoms with E-state index in [1.54, 1.807) is 0 Å². The first-order chi connectivity index (χ1) is 8.83. The van der Waals surface area contributed by atoms with Crippen LogP contribution in [-0.4, -0.2) is 36.1 Å².